The van der Waals surface area contributed by atoms with Gasteiger partial charge in [0, 0.05) is 5.39 Å². The van der Waals surface area contributed by atoms with E-state index in [2.05, 4.69) is 4.98 Å². The van der Waals surface area contributed by atoms with Crippen molar-refractivity contribution in [1.29, 1.82) is 0 Å². The standard InChI is InChI=1S/C11H13ClN2O/c1-15-9-4-2-3-7-8(5-6-13)11(12)14-10(7)9/h2-4,14H,5-6,13H2,1H3. The largest absolute Gasteiger partial charge is 0.495 e. The Kier molecular flexibility index (Phi) is 2.84. The minimum atomic E-state index is 0.587. The summed E-state index contributed by atoms with van der Waals surface area (Å²) >= 11 is 6.11. The lowest BCUT2D eigenvalue weighted by Gasteiger charge is -2.01. The maximum Gasteiger partial charge on any atom is 0.142 e. The van der Waals surface area contributed by atoms with Crippen molar-refractivity contribution in [2.75, 3.05) is 13.7 Å². The highest BCUT2D eigenvalue weighted by Gasteiger charge is 2.11. The van der Waals surface area contributed by atoms with Gasteiger partial charge in [-0.2, -0.15) is 0 Å². The molecular weight excluding hydrogens is 212 g/mol. The first-order valence-electron chi connectivity index (χ1n) is 4.81. The molecule has 1 heterocycles. The monoisotopic (exact) mass is 224 g/mol. The first-order chi connectivity index (χ1) is 7.27. The van der Waals surface area contributed by atoms with Crippen molar-refractivity contribution in [1.82, 2.24) is 4.98 Å². The average molecular weight is 225 g/mol. The molecule has 0 atom stereocenters. The van der Waals surface area contributed by atoms with Crippen molar-refractivity contribution < 1.29 is 4.74 Å². The Morgan fingerprint density at radius 1 is 1.47 bits per heavy atom. The van der Waals surface area contributed by atoms with Crippen molar-refractivity contribution in [3.8, 4) is 5.75 Å². The van der Waals surface area contributed by atoms with Gasteiger partial charge in [0.2, 0.25) is 0 Å². The van der Waals surface area contributed by atoms with E-state index in [4.69, 9.17) is 22.1 Å². The third kappa shape index (κ3) is 1.68. The summed E-state index contributed by atoms with van der Waals surface area (Å²) in [5, 5.41) is 1.74. The number of ether oxygens (including phenoxy) is 1. The van der Waals surface area contributed by atoms with E-state index in [1.54, 1.807) is 7.11 Å². The molecule has 2 aromatic rings. The van der Waals surface area contributed by atoms with Crippen LogP contribution in [-0.4, -0.2) is 18.6 Å². The summed E-state index contributed by atoms with van der Waals surface area (Å²) in [6, 6.07) is 5.87. The predicted octanol–water partition coefficient (Wildman–Crippen LogP) is 2.33. The van der Waals surface area contributed by atoms with E-state index in [1.165, 1.54) is 0 Å². The second-order valence-electron chi connectivity index (χ2n) is 3.34. The summed E-state index contributed by atoms with van der Waals surface area (Å²) in [7, 11) is 1.64. The summed E-state index contributed by atoms with van der Waals surface area (Å²) in [4.78, 5) is 3.12. The zero-order valence-electron chi connectivity index (χ0n) is 8.51. The highest BCUT2D eigenvalue weighted by Crippen LogP contribution is 2.32. The molecule has 0 unspecified atom stereocenters. The van der Waals surface area contributed by atoms with Crippen LogP contribution in [0, 0.1) is 0 Å². The van der Waals surface area contributed by atoms with Gasteiger partial charge < -0.3 is 15.5 Å². The van der Waals surface area contributed by atoms with Gasteiger partial charge in [0.05, 0.1) is 12.6 Å². The molecule has 15 heavy (non-hydrogen) atoms. The smallest absolute Gasteiger partial charge is 0.142 e. The maximum atomic E-state index is 6.11. The third-order valence-corrected chi connectivity index (χ3v) is 2.79. The molecule has 0 radical (unpaired) electrons. The van der Waals surface area contributed by atoms with E-state index in [-0.39, 0.29) is 0 Å². The third-order valence-electron chi connectivity index (χ3n) is 2.47. The van der Waals surface area contributed by atoms with Crippen molar-refractivity contribution in [3.05, 3.63) is 28.9 Å². The van der Waals surface area contributed by atoms with E-state index < -0.39 is 0 Å². The fourth-order valence-electron chi connectivity index (χ4n) is 1.77. The normalized spacial score (nSPS) is 10.9. The van der Waals surface area contributed by atoms with Gasteiger partial charge in [-0.15, -0.1) is 0 Å². The molecule has 0 spiro atoms. The molecule has 0 aliphatic heterocycles. The zero-order chi connectivity index (χ0) is 10.8. The Bertz CT molecular complexity index is 479. The fraction of sp³-hybridized carbons (Fsp3) is 0.273. The maximum absolute atomic E-state index is 6.11. The number of aromatic nitrogens is 1. The molecule has 0 amide bonds. The quantitative estimate of drug-likeness (QED) is 0.841. The highest BCUT2D eigenvalue weighted by atomic mass is 35.5. The molecule has 0 aliphatic rings. The number of hydrogen-bond donors (Lipinski definition) is 2. The Labute approximate surface area is 93.2 Å². The van der Waals surface area contributed by atoms with E-state index in [0.717, 1.165) is 28.6 Å². The summed E-state index contributed by atoms with van der Waals surface area (Å²) in [6.07, 6.45) is 0.770. The van der Waals surface area contributed by atoms with E-state index in [0.29, 0.717) is 11.7 Å². The number of rotatable bonds is 3. The highest BCUT2D eigenvalue weighted by molar-refractivity contribution is 6.31. The average Bonchev–Trinajstić information content (AvgIpc) is 2.56. The Balaban J connectivity index is 2.67. The molecule has 0 bridgehead atoms. The molecule has 3 N–H and O–H groups in total. The van der Waals surface area contributed by atoms with Crippen LogP contribution in [0.15, 0.2) is 18.2 Å². The number of benzene rings is 1. The molecule has 0 saturated heterocycles. The van der Waals surface area contributed by atoms with Crippen LogP contribution in [0.5, 0.6) is 5.75 Å². The summed E-state index contributed by atoms with van der Waals surface area (Å²) in [5.41, 5.74) is 7.55. The van der Waals surface area contributed by atoms with Gasteiger partial charge in [-0.1, -0.05) is 23.7 Å². The second kappa shape index (κ2) is 4.13. The molecule has 1 aromatic heterocycles. The zero-order valence-corrected chi connectivity index (χ0v) is 9.27. The molecule has 0 saturated carbocycles. The van der Waals surface area contributed by atoms with E-state index >= 15 is 0 Å². The lowest BCUT2D eigenvalue weighted by Crippen LogP contribution is -2.02. The lowest BCUT2D eigenvalue weighted by atomic mass is 10.1. The molecule has 3 nitrogen and oxygen atoms in total. The molecule has 0 fully saturated rings. The lowest BCUT2D eigenvalue weighted by molar-refractivity contribution is 0.419. The van der Waals surface area contributed by atoms with E-state index in [9.17, 15) is 0 Å². The van der Waals surface area contributed by atoms with Crippen molar-refractivity contribution >= 4 is 22.5 Å². The van der Waals surface area contributed by atoms with Gasteiger partial charge in [0.1, 0.15) is 10.9 Å². The minimum Gasteiger partial charge on any atom is -0.495 e. The van der Waals surface area contributed by atoms with Crippen molar-refractivity contribution in [2.24, 2.45) is 5.73 Å². The van der Waals surface area contributed by atoms with Gasteiger partial charge in [0.25, 0.3) is 0 Å². The Morgan fingerprint density at radius 2 is 2.27 bits per heavy atom. The first kappa shape index (κ1) is 10.3. The number of H-pyrrole nitrogens is 1. The van der Waals surface area contributed by atoms with Crippen molar-refractivity contribution in [2.45, 2.75) is 6.42 Å². The number of nitrogens with one attached hydrogen (secondary N) is 1. The second-order valence-corrected chi connectivity index (χ2v) is 3.72. The molecule has 0 aliphatic carbocycles. The molecule has 4 heteroatoms. The number of nitrogens with two attached hydrogens (primary N) is 1. The van der Waals surface area contributed by atoms with Crippen molar-refractivity contribution in [3.63, 3.8) is 0 Å². The summed E-state index contributed by atoms with van der Waals surface area (Å²) < 4.78 is 5.25. The SMILES string of the molecule is COc1cccc2c(CCN)c(Cl)[nH]c12. The van der Waals surface area contributed by atoms with Crippen LogP contribution in [0.4, 0.5) is 0 Å². The number of halogens is 1. The molecule has 1 aromatic carbocycles. The first-order valence-corrected chi connectivity index (χ1v) is 5.19. The van der Waals surface area contributed by atoms with Crippen LogP contribution in [0.2, 0.25) is 5.15 Å². The van der Waals surface area contributed by atoms with Crippen LogP contribution in [-0.2, 0) is 6.42 Å². The predicted molar refractivity (Wildman–Crippen MR) is 62.6 cm³/mol. The summed E-state index contributed by atoms with van der Waals surface area (Å²) in [5.74, 6) is 0.803. The van der Waals surface area contributed by atoms with Gasteiger partial charge in [-0.05, 0) is 24.6 Å². The Morgan fingerprint density at radius 3 is 2.93 bits per heavy atom. The molecule has 2 rings (SSSR count). The minimum absolute atomic E-state index is 0.587. The van der Waals surface area contributed by atoms with Crippen LogP contribution >= 0.6 is 11.6 Å². The molecular formula is C11H13ClN2O. The number of aromatic amines is 1. The number of para-hydroxylation sites is 1. The Hall–Kier alpha value is -1.19. The number of hydrogen-bond acceptors (Lipinski definition) is 2. The van der Waals surface area contributed by atoms with Crippen LogP contribution in [0.25, 0.3) is 10.9 Å². The summed E-state index contributed by atoms with van der Waals surface area (Å²) in [6.45, 7) is 0.587. The van der Waals surface area contributed by atoms with Crippen LogP contribution in [0.1, 0.15) is 5.56 Å². The van der Waals surface area contributed by atoms with Crippen LogP contribution in [0.3, 0.4) is 0 Å². The van der Waals surface area contributed by atoms with Gasteiger partial charge >= 0.3 is 0 Å². The van der Waals surface area contributed by atoms with Gasteiger partial charge in [0.15, 0.2) is 0 Å². The fourth-order valence-corrected chi connectivity index (χ4v) is 2.06. The van der Waals surface area contributed by atoms with E-state index in [1.807, 2.05) is 18.2 Å². The van der Waals surface area contributed by atoms with Gasteiger partial charge in [-0.3, -0.25) is 0 Å². The topological polar surface area (TPSA) is 51.0 Å². The number of fused-ring (bicyclic) bond motifs is 1. The number of methoxy groups -OCH3 is 1. The van der Waals surface area contributed by atoms with Gasteiger partial charge in [-0.25, -0.2) is 0 Å². The van der Waals surface area contributed by atoms with Crippen LogP contribution < -0.4 is 10.5 Å². The molecule has 80 valence electrons.